The molecule has 128 valence electrons. The number of hydrogen-bond acceptors (Lipinski definition) is 2. The maximum absolute atomic E-state index is 11.9. The lowest BCUT2D eigenvalue weighted by Gasteiger charge is -2.29. The van der Waals surface area contributed by atoms with E-state index in [1.54, 1.807) is 0 Å². The van der Waals surface area contributed by atoms with E-state index in [-0.39, 0.29) is 18.0 Å². The van der Waals surface area contributed by atoms with Crippen LogP contribution in [-0.2, 0) is 4.79 Å². The Labute approximate surface area is 135 Å². The maximum atomic E-state index is 11.9. The topological polar surface area (TPSA) is 65.5 Å². The third-order valence-corrected chi connectivity index (χ3v) is 4.06. The highest BCUT2D eigenvalue weighted by Crippen LogP contribution is 2.28. The van der Waals surface area contributed by atoms with Crippen molar-refractivity contribution in [3.05, 3.63) is 0 Å². The quantitative estimate of drug-likeness (QED) is 0.539. The Bertz CT molecular complexity index is 373. The van der Waals surface area contributed by atoms with Gasteiger partial charge in [0.05, 0.1) is 0 Å². The van der Waals surface area contributed by atoms with E-state index in [0.717, 1.165) is 25.0 Å². The molecule has 3 N–H and O–H groups in total. The molecule has 1 aliphatic rings. The predicted octanol–water partition coefficient (Wildman–Crippen LogP) is 2.28. The molecule has 1 rings (SSSR count). The van der Waals surface area contributed by atoms with E-state index >= 15 is 0 Å². The summed E-state index contributed by atoms with van der Waals surface area (Å²) in [7, 11) is 0. The first-order valence-corrected chi connectivity index (χ1v) is 8.65. The van der Waals surface area contributed by atoms with E-state index in [1.165, 1.54) is 25.7 Å². The number of guanidine groups is 1. The average Bonchev–Trinajstić information content (AvgIpc) is 2.41. The smallest absolute Gasteiger partial charge is 0.242 e. The van der Waals surface area contributed by atoms with Crippen LogP contribution in [-0.4, -0.2) is 37.0 Å². The second kappa shape index (κ2) is 9.01. The van der Waals surface area contributed by atoms with Crippen LogP contribution in [0.5, 0.6) is 0 Å². The number of carbonyl (C=O) groups excluding carboxylic acids is 1. The molecular formula is C17H34N4O. The van der Waals surface area contributed by atoms with Gasteiger partial charge in [-0.05, 0) is 46.0 Å². The summed E-state index contributed by atoms with van der Waals surface area (Å²) in [4.78, 5) is 16.2. The van der Waals surface area contributed by atoms with Crippen molar-refractivity contribution < 1.29 is 4.79 Å². The molecule has 1 amide bonds. The van der Waals surface area contributed by atoms with E-state index in [1.807, 2.05) is 27.7 Å². The standard InChI is InChI=1S/C17H34N4O/c1-6-18-16(20-12-15(22)21-17(3,4)5)19-11-14-10-8-7-9-13(14)2/h13-14H,6-12H2,1-5H3,(H,21,22)(H2,18,19,20). The zero-order valence-electron chi connectivity index (χ0n) is 15.0. The van der Waals surface area contributed by atoms with Gasteiger partial charge in [0.15, 0.2) is 5.96 Å². The molecule has 2 atom stereocenters. The molecule has 0 aliphatic heterocycles. The van der Waals surface area contributed by atoms with Crippen molar-refractivity contribution in [1.82, 2.24) is 16.0 Å². The number of rotatable bonds is 5. The fraction of sp³-hybridized carbons (Fsp3) is 0.882. The third-order valence-electron chi connectivity index (χ3n) is 4.06. The van der Waals surface area contributed by atoms with E-state index in [2.05, 4.69) is 27.9 Å². The van der Waals surface area contributed by atoms with E-state index < -0.39 is 0 Å². The van der Waals surface area contributed by atoms with Gasteiger partial charge in [-0.1, -0.05) is 26.2 Å². The molecular weight excluding hydrogens is 276 g/mol. The van der Waals surface area contributed by atoms with Gasteiger partial charge >= 0.3 is 0 Å². The van der Waals surface area contributed by atoms with Crippen LogP contribution in [0.1, 0.15) is 60.3 Å². The van der Waals surface area contributed by atoms with Crippen molar-refractivity contribution >= 4 is 11.9 Å². The summed E-state index contributed by atoms with van der Waals surface area (Å²) in [6, 6.07) is 0. The summed E-state index contributed by atoms with van der Waals surface area (Å²) in [5.74, 6) is 2.18. The highest BCUT2D eigenvalue weighted by Gasteiger charge is 2.21. The maximum Gasteiger partial charge on any atom is 0.242 e. The van der Waals surface area contributed by atoms with Crippen LogP contribution in [0.25, 0.3) is 0 Å². The van der Waals surface area contributed by atoms with Crippen LogP contribution in [0.2, 0.25) is 0 Å². The molecule has 0 saturated heterocycles. The molecule has 0 bridgehead atoms. The first-order valence-electron chi connectivity index (χ1n) is 8.65. The molecule has 0 radical (unpaired) electrons. The molecule has 0 aromatic carbocycles. The van der Waals surface area contributed by atoms with E-state index in [0.29, 0.717) is 5.92 Å². The number of nitrogens with zero attached hydrogens (tertiary/aromatic N) is 1. The third kappa shape index (κ3) is 7.66. The summed E-state index contributed by atoms with van der Waals surface area (Å²) in [6.07, 6.45) is 5.31. The van der Waals surface area contributed by atoms with Gasteiger partial charge in [-0.2, -0.15) is 0 Å². The van der Waals surface area contributed by atoms with Crippen LogP contribution in [0.3, 0.4) is 0 Å². The zero-order chi connectivity index (χ0) is 16.6. The summed E-state index contributed by atoms with van der Waals surface area (Å²) in [5, 5.41) is 9.54. The van der Waals surface area contributed by atoms with Gasteiger partial charge < -0.3 is 16.0 Å². The van der Waals surface area contributed by atoms with Crippen LogP contribution in [0.4, 0.5) is 0 Å². The summed E-state index contributed by atoms with van der Waals surface area (Å²) < 4.78 is 0. The van der Waals surface area contributed by atoms with Crippen molar-refractivity contribution in [2.75, 3.05) is 19.6 Å². The molecule has 0 spiro atoms. The minimum absolute atomic E-state index is 0.0456. The fourth-order valence-corrected chi connectivity index (χ4v) is 2.87. The largest absolute Gasteiger partial charge is 0.357 e. The van der Waals surface area contributed by atoms with Gasteiger partial charge in [0.1, 0.15) is 6.54 Å². The number of carbonyl (C=O) groups is 1. The molecule has 22 heavy (non-hydrogen) atoms. The minimum Gasteiger partial charge on any atom is -0.357 e. The van der Waals surface area contributed by atoms with Gasteiger partial charge in [0, 0.05) is 18.6 Å². The van der Waals surface area contributed by atoms with Crippen molar-refractivity contribution in [3.8, 4) is 0 Å². The second-order valence-corrected chi connectivity index (χ2v) is 7.40. The molecule has 5 heteroatoms. The normalized spacial score (nSPS) is 23.0. The molecule has 5 nitrogen and oxygen atoms in total. The molecule has 1 saturated carbocycles. The van der Waals surface area contributed by atoms with Crippen LogP contribution < -0.4 is 16.0 Å². The molecule has 1 aliphatic carbocycles. The lowest BCUT2D eigenvalue weighted by Crippen LogP contribution is -2.44. The lowest BCUT2D eigenvalue weighted by molar-refractivity contribution is -0.121. The van der Waals surface area contributed by atoms with Gasteiger partial charge in [-0.25, -0.2) is 4.99 Å². The first kappa shape index (κ1) is 18.8. The van der Waals surface area contributed by atoms with E-state index in [9.17, 15) is 4.79 Å². The van der Waals surface area contributed by atoms with Crippen LogP contribution >= 0.6 is 0 Å². The molecule has 1 fully saturated rings. The number of aliphatic imine (C=N–C) groups is 1. The Morgan fingerprint density at radius 1 is 1.18 bits per heavy atom. The first-order chi connectivity index (χ1) is 10.3. The van der Waals surface area contributed by atoms with Crippen molar-refractivity contribution in [1.29, 1.82) is 0 Å². The summed E-state index contributed by atoms with van der Waals surface area (Å²) in [6.45, 7) is 12.2. The van der Waals surface area contributed by atoms with E-state index in [4.69, 9.17) is 0 Å². The monoisotopic (exact) mass is 310 g/mol. The average molecular weight is 310 g/mol. The Kier molecular flexibility index (Phi) is 7.69. The van der Waals surface area contributed by atoms with Crippen molar-refractivity contribution in [3.63, 3.8) is 0 Å². The zero-order valence-corrected chi connectivity index (χ0v) is 15.0. The van der Waals surface area contributed by atoms with Crippen LogP contribution in [0, 0.1) is 11.8 Å². The van der Waals surface area contributed by atoms with Crippen molar-refractivity contribution in [2.45, 2.75) is 65.8 Å². The highest BCUT2D eigenvalue weighted by molar-refractivity contribution is 5.85. The summed E-state index contributed by atoms with van der Waals surface area (Å²) >= 11 is 0. The predicted molar refractivity (Wildman–Crippen MR) is 93.0 cm³/mol. The molecule has 0 heterocycles. The Morgan fingerprint density at radius 2 is 1.86 bits per heavy atom. The van der Waals surface area contributed by atoms with Gasteiger partial charge in [-0.15, -0.1) is 0 Å². The van der Waals surface area contributed by atoms with Crippen LogP contribution in [0.15, 0.2) is 4.99 Å². The molecule has 0 aromatic heterocycles. The Balaban J connectivity index is 2.46. The van der Waals surface area contributed by atoms with Gasteiger partial charge in [-0.3, -0.25) is 4.79 Å². The molecule has 0 aromatic rings. The SMILES string of the molecule is CCNC(=NCC(=O)NC(C)(C)C)NCC1CCCCC1C. The molecule has 2 unspecified atom stereocenters. The number of amides is 1. The summed E-state index contributed by atoms with van der Waals surface area (Å²) in [5.41, 5.74) is -0.212. The van der Waals surface area contributed by atoms with Gasteiger partial charge in [0.25, 0.3) is 0 Å². The van der Waals surface area contributed by atoms with Gasteiger partial charge in [0.2, 0.25) is 5.91 Å². The highest BCUT2D eigenvalue weighted by atomic mass is 16.2. The number of hydrogen-bond donors (Lipinski definition) is 3. The second-order valence-electron chi connectivity index (χ2n) is 7.40. The fourth-order valence-electron chi connectivity index (χ4n) is 2.87. The Hall–Kier alpha value is -1.26. The van der Waals surface area contributed by atoms with Crippen molar-refractivity contribution in [2.24, 2.45) is 16.8 Å². The number of nitrogens with one attached hydrogen (secondary N) is 3. The minimum atomic E-state index is -0.212. The Morgan fingerprint density at radius 3 is 2.45 bits per heavy atom. The lowest BCUT2D eigenvalue weighted by atomic mass is 9.80.